The number of nitrogens with zero attached hydrogens (tertiary/aromatic N) is 1. The van der Waals surface area contributed by atoms with Gasteiger partial charge in [0.25, 0.3) is 0 Å². The maximum absolute atomic E-state index is 9.95. The Morgan fingerprint density at radius 3 is 1.94 bits per heavy atom. The Morgan fingerprint density at radius 2 is 1.41 bits per heavy atom. The van der Waals surface area contributed by atoms with Crippen LogP contribution in [0.25, 0.3) is 0 Å². The van der Waals surface area contributed by atoms with Crippen LogP contribution in [0.5, 0.6) is 0 Å². The molecule has 0 aliphatic carbocycles. The first-order valence-corrected chi connectivity index (χ1v) is 6.30. The van der Waals surface area contributed by atoms with Gasteiger partial charge in [0.15, 0.2) is 0 Å². The molecule has 0 heterocycles. The minimum absolute atomic E-state index is 0.301. The van der Waals surface area contributed by atoms with Crippen LogP contribution in [-0.2, 0) is 0 Å². The first-order chi connectivity index (χ1) is 8.06. The van der Waals surface area contributed by atoms with Gasteiger partial charge in [-0.2, -0.15) is 4.91 Å². The summed E-state index contributed by atoms with van der Waals surface area (Å²) in [7, 11) is 0. The van der Waals surface area contributed by atoms with Gasteiger partial charge in [-0.3, -0.25) is 0 Å². The standard InChI is InChI=1S/C15H25NO/c1-13(2)7-5-8-14(3)9-6-10-15(4)11-12-16-17/h7,9,11H,5-6,8,10,12H2,1-4H3. The molecule has 0 radical (unpaired) electrons. The van der Waals surface area contributed by atoms with E-state index in [-0.39, 0.29) is 0 Å². The number of hydrogen-bond acceptors (Lipinski definition) is 2. The van der Waals surface area contributed by atoms with Crippen LogP contribution in [0.1, 0.15) is 53.4 Å². The molecule has 0 aromatic carbocycles. The van der Waals surface area contributed by atoms with Crippen molar-refractivity contribution in [3.8, 4) is 0 Å². The maximum Gasteiger partial charge on any atom is 0.0994 e. The van der Waals surface area contributed by atoms with E-state index in [0.717, 1.165) is 25.7 Å². The number of allylic oxidation sites excluding steroid dienone is 5. The van der Waals surface area contributed by atoms with Crippen molar-refractivity contribution in [2.75, 3.05) is 6.54 Å². The van der Waals surface area contributed by atoms with Crippen LogP contribution in [0, 0.1) is 4.91 Å². The minimum atomic E-state index is 0.301. The summed E-state index contributed by atoms with van der Waals surface area (Å²) < 4.78 is 0. The van der Waals surface area contributed by atoms with Crippen LogP contribution in [0.2, 0.25) is 0 Å². The molecule has 2 nitrogen and oxygen atoms in total. The van der Waals surface area contributed by atoms with Gasteiger partial charge in [0.2, 0.25) is 0 Å². The van der Waals surface area contributed by atoms with E-state index in [1.807, 2.05) is 6.08 Å². The van der Waals surface area contributed by atoms with Crippen LogP contribution in [-0.4, -0.2) is 6.54 Å². The Balaban J connectivity index is 3.83. The number of nitroso groups, excluding NO2 is 1. The summed E-state index contributed by atoms with van der Waals surface area (Å²) in [5.41, 5.74) is 4.08. The molecule has 0 saturated carbocycles. The minimum Gasteiger partial charge on any atom is -0.150 e. The lowest BCUT2D eigenvalue weighted by atomic mass is 10.1. The van der Waals surface area contributed by atoms with Crippen molar-refractivity contribution in [2.45, 2.75) is 53.4 Å². The lowest BCUT2D eigenvalue weighted by molar-refractivity contribution is 0.914. The SMILES string of the molecule is CC(C)=CCCC(C)=CCCC(C)=CCN=O. The fourth-order valence-electron chi connectivity index (χ4n) is 1.53. The second-order valence-corrected chi connectivity index (χ2v) is 4.77. The smallest absolute Gasteiger partial charge is 0.0994 e. The quantitative estimate of drug-likeness (QED) is 0.421. The number of hydrogen-bond donors (Lipinski definition) is 0. The highest BCUT2D eigenvalue weighted by molar-refractivity contribution is 5.05. The van der Waals surface area contributed by atoms with Crippen LogP contribution >= 0.6 is 0 Å². The van der Waals surface area contributed by atoms with Gasteiger partial charge in [-0.25, -0.2) is 0 Å². The molecule has 0 aliphatic rings. The highest BCUT2D eigenvalue weighted by Crippen LogP contribution is 2.11. The molecule has 0 spiro atoms. The largest absolute Gasteiger partial charge is 0.150 e. The third-order valence-electron chi connectivity index (χ3n) is 2.64. The first-order valence-electron chi connectivity index (χ1n) is 6.30. The molecular formula is C15H25NO. The van der Waals surface area contributed by atoms with Crippen molar-refractivity contribution in [2.24, 2.45) is 5.18 Å². The highest BCUT2D eigenvalue weighted by atomic mass is 16.3. The van der Waals surface area contributed by atoms with E-state index in [4.69, 9.17) is 0 Å². The first kappa shape index (κ1) is 15.8. The van der Waals surface area contributed by atoms with Crippen LogP contribution in [0.15, 0.2) is 40.1 Å². The monoisotopic (exact) mass is 235 g/mol. The molecule has 96 valence electrons. The summed E-state index contributed by atoms with van der Waals surface area (Å²) in [5.74, 6) is 0. The lowest BCUT2D eigenvalue weighted by Crippen LogP contribution is -1.81. The predicted octanol–water partition coefficient (Wildman–Crippen LogP) is 5.17. The van der Waals surface area contributed by atoms with E-state index in [2.05, 4.69) is 45.0 Å². The van der Waals surface area contributed by atoms with Crippen molar-refractivity contribution in [1.82, 2.24) is 0 Å². The Kier molecular flexibility index (Phi) is 9.31. The molecule has 0 bridgehead atoms. The average molecular weight is 235 g/mol. The molecular weight excluding hydrogens is 210 g/mol. The zero-order valence-electron chi connectivity index (χ0n) is 11.6. The average Bonchev–Trinajstić information content (AvgIpc) is 2.25. The molecule has 0 N–H and O–H groups in total. The molecule has 0 aromatic rings. The second-order valence-electron chi connectivity index (χ2n) is 4.77. The fourth-order valence-corrected chi connectivity index (χ4v) is 1.53. The summed E-state index contributed by atoms with van der Waals surface area (Å²) in [6.07, 6.45) is 10.8. The third-order valence-corrected chi connectivity index (χ3v) is 2.64. The molecule has 0 aromatic heterocycles. The molecule has 0 unspecified atom stereocenters. The van der Waals surface area contributed by atoms with E-state index >= 15 is 0 Å². The molecule has 0 fully saturated rings. The molecule has 17 heavy (non-hydrogen) atoms. The van der Waals surface area contributed by atoms with Crippen molar-refractivity contribution >= 4 is 0 Å². The number of rotatable bonds is 8. The Labute approximate surface area is 105 Å². The topological polar surface area (TPSA) is 29.4 Å². The Hall–Kier alpha value is -1.18. The van der Waals surface area contributed by atoms with Crippen LogP contribution < -0.4 is 0 Å². The summed E-state index contributed by atoms with van der Waals surface area (Å²) in [5, 5.41) is 2.83. The van der Waals surface area contributed by atoms with Crippen LogP contribution in [0.3, 0.4) is 0 Å². The van der Waals surface area contributed by atoms with Gasteiger partial charge in [-0.15, -0.1) is 0 Å². The van der Waals surface area contributed by atoms with Gasteiger partial charge in [-0.05, 0) is 53.4 Å². The third kappa shape index (κ3) is 11.1. The fraction of sp³-hybridized carbons (Fsp3) is 0.600. The van der Waals surface area contributed by atoms with Crippen molar-refractivity contribution < 1.29 is 0 Å². The van der Waals surface area contributed by atoms with E-state index in [1.165, 1.54) is 16.7 Å². The maximum atomic E-state index is 9.95. The molecule has 0 saturated heterocycles. The van der Waals surface area contributed by atoms with Gasteiger partial charge in [0.05, 0.1) is 6.54 Å². The van der Waals surface area contributed by atoms with E-state index in [9.17, 15) is 4.91 Å². The zero-order chi connectivity index (χ0) is 13.1. The molecule has 0 aliphatic heterocycles. The van der Waals surface area contributed by atoms with Crippen molar-refractivity contribution in [1.29, 1.82) is 0 Å². The van der Waals surface area contributed by atoms with Crippen molar-refractivity contribution in [3.63, 3.8) is 0 Å². The molecule has 0 rings (SSSR count). The Bertz CT molecular complexity index is 307. The lowest BCUT2D eigenvalue weighted by Gasteiger charge is -2.00. The highest BCUT2D eigenvalue weighted by Gasteiger charge is 1.91. The van der Waals surface area contributed by atoms with E-state index in [0.29, 0.717) is 6.54 Å². The molecule has 0 atom stereocenters. The summed E-state index contributed by atoms with van der Waals surface area (Å²) in [4.78, 5) is 9.95. The second kappa shape index (κ2) is 10.0. The van der Waals surface area contributed by atoms with E-state index in [1.54, 1.807) is 0 Å². The summed E-state index contributed by atoms with van der Waals surface area (Å²) in [6, 6.07) is 0. The molecule has 0 amide bonds. The van der Waals surface area contributed by atoms with Gasteiger partial charge in [-0.1, -0.05) is 40.1 Å². The van der Waals surface area contributed by atoms with Gasteiger partial charge < -0.3 is 0 Å². The van der Waals surface area contributed by atoms with Gasteiger partial charge in [0, 0.05) is 0 Å². The van der Waals surface area contributed by atoms with Crippen molar-refractivity contribution in [3.05, 3.63) is 39.9 Å². The van der Waals surface area contributed by atoms with E-state index < -0.39 is 0 Å². The summed E-state index contributed by atoms with van der Waals surface area (Å²) >= 11 is 0. The Morgan fingerprint density at radius 1 is 0.882 bits per heavy atom. The zero-order valence-corrected chi connectivity index (χ0v) is 11.6. The normalized spacial score (nSPS) is 12.5. The van der Waals surface area contributed by atoms with Gasteiger partial charge in [0.1, 0.15) is 0 Å². The van der Waals surface area contributed by atoms with Gasteiger partial charge >= 0.3 is 0 Å². The summed E-state index contributed by atoms with van der Waals surface area (Å²) in [6.45, 7) is 8.81. The molecule has 2 heteroatoms. The predicted molar refractivity (Wildman–Crippen MR) is 76.1 cm³/mol. The van der Waals surface area contributed by atoms with Crippen LogP contribution in [0.4, 0.5) is 0 Å².